The molecule has 0 aliphatic carbocycles. The fraction of sp³-hybridized carbons (Fsp3) is 0.0909. The second-order valence-electron chi connectivity index (χ2n) is 6.51. The maximum atomic E-state index is 13.4. The number of benzene rings is 2. The molecule has 0 N–H and O–H groups in total. The van der Waals surface area contributed by atoms with E-state index in [1.165, 1.54) is 23.5 Å². The molecule has 0 bridgehead atoms. The quantitative estimate of drug-likeness (QED) is 0.492. The molecule has 4 aromatic rings. The summed E-state index contributed by atoms with van der Waals surface area (Å²) in [5.74, 6) is 1.24. The van der Waals surface area contributed by atoms with E-state index in [0.717, 1.165) is 38.8 Å². The van der Waals surface area contributed by atoms with Gasteiger partial charge in [0.1, 0.15) is 5.82 Å². The molecule has 1 aliphatic rings. The van der Waals surface area contributed by atoms with Gasteiger partial charge in [0, 0.05) is 11.6 Å². The second-order valence-corrected chi connectivity index (χ2v) is 7.34. The van der Waals surface area contributed by atoms with Gasteiger partial charge in [-0.25, -0.2) is 9.38 Å². The average Bonchev–Trinajstić information content (AvgIpc) is 3.37. The highest BCUT2D eigenvalue weighted by Crippen LogP contribution is 2.33. The van der Waals surface area contributed by atoms with Crippen molar-refractivity contribution in [1.82, 2.24) is 9.55 Å². The average molecular weight is 405 g/mol. The zero-order valence-corrected chi connectivity index (χ0v) is 16.1. The number of aromatic nitrogens is 2. The Morgan fingerprint density at radius 2 is 1.93 bits per heavy atom. The highest BCUT2D eigenvalue weighted by molar-refractivity contribution is 7.07. The van der Waals surface area contributed by atoms with Crippen LogP contribution in [0.3, 0.4) is 0 Å². The predicted molar refractivity (Wildman–Crippen MR) is 109 cm³/mol. The number of pyridine rings is 1. The number of thiazole rings is 1. The number of rotatable bonds is 4. The molecule has 2 aromatic carbocycles. The molecule has 3 heterocycles. The van der Waals surface area contributed by atoms with Crippen LogP contribution in [0.5, 0.6) is 11.5 Å². The van der Waals surface area contributed by atoms with Crippen LogP contribution >= 0.6 is 11.3 Å². The summed E-state index contributed by atoms with van der Waals surface area (Å²) in [5.41, 5.74) is 3.73. The van der Waals surface area contributed by atoms with Crippen molar-refractivity contribution in [3.63, 3.8) is 0 Å². The Balaban J connectivity index is 1.61. The molecule has 0 radical (unpaired) electrons. The third-order valence-corrected chi connectivity index (χ3v) is 5.45. The van der Waals surface area contributed by atoms with Gasteiger partial charge in [0.05, 0.1) is 24.1 Å². The van der Waals surface area contributed by atoms with Crippen molar-refractivity contribution >= 4 is 17.0 Å². The highest BCUT2D eigenvalue weighted by Gasteiger charge is 2.15. The van der Waals surface area contributed by atoms with Gasteiger partial charge in [-0.2, -0.15) is 0 Å². The molecule has 0 unspecified atom stereocenters. The molecular weight excluding hydrogens is 389 g/mol. The van der Waals surface area contributed by atoms with Crippen molar-refractivity contribution in [3.8, 4) is 22.8 Å². The first-order valence-corrected chi connectivity index (χ1v) is 9.92. The van der Waals surface area contributed by atoms with Gasteiger partial charge < -0.3 is 14.0 Å². The fourth-order valence-corrected chi connectivity index (χ4v) is 4.10. The SMILES string of the molecule is Fc1ccc(-c2csc(=Nc3cccnc3)n2Cc2ccc3c(c2)OCO3)cc1. The van der Waals surface area contributed by atoms with E-state index in [2.05, 4.69) is 9.55 Å². The third-order valence-electron chi connectivity index (χ3n) is 4.59. The monoisotopic (exact) mass is 405 g/mol. The van der Waals surface area contributed by atoms with Crippen molar-refractivity contribution in [2.24, 2.45) is 4.99 Å². The number of hydrogen-bond donors (Lipinski definition) is 0. The lowest BCUT2D eigenvalue weighted by atomic mass is 10.1. The molecule has 0 atom stereocenters. The van der Waals surface area contributed by atoms with Gasteiger partial charge >= 0.3 is 0 Å². The molecular formula is C22H16FN3O2S. The van der Waals surface area contributed by atoms with Crippen LogP contribution in [0.25, 0.3) is 11.3 Å². The second kappa shape index (κ2) is 7.52. The van der Waals surface area contributed by atoms with E-state index in [9.17, 15) is 4.39 Å². The molecule has 2 aromatic heterocycles. The van der Waals surface area contributed by atoms with Crippen LogP contribution in [0.15, 0.2) is 77.4 Å². The molecule has 0 spiro atoms. The molecule has 5 nitrogen and oxygen atoms in total. The summed E-state index contributed by atoms with van der Waals surface area (Å²) in [7, 11) is 0. The number of nitrogens with zero attached hydrogens (tertiary/aromatic N) is 3. The Morgan fingerprint density at radius 1 is 1.07 bits per heavy atom. The maximum Gasteiger partial charge on any atom is 0.231 e. The number of halogens is 1. The minimum Gasteiger partial charge on any atom is -0.454 e. The number of fused-ring (bicyclic) bond motifs is 1. The van der Waals surface area contributed by atoms with Crippen LogP contribution in [-0.4, -0.2) is 16.3 Å². The van der Waals surface area contributed by atoms with E-state index in [1.54, 1.807) is 24.5 Å². The van der Waals surface area contributed by atoms with E-state index >= 15 is 0 Å². The summed E-state index contributed by atoms with van der Waals surface area (Å²) in [6.45, 7) is 0.832. The van der Waals surface area contributed by atoms with Gasteiger partial charge in [0.25, 0.3) is 0 Å². The Morgan fingerprint density at radius 3 is 2.76 bits per heavy atom. The number of hydrogen-bond acceptors (Lipinski definition) is 5. The predicted octanol–water partition coefficient (Wildman–Crippen LogP) is 4.76. The summed E-state index contributed by atoms with van der Waals surface area (Å²) in [5, 5.41) is 2.04. The van der Waals surface area contributed by atoms with Crippen LogP contribution < -0.4 is 14.3 Å². The molecule has 0 saturated carbocycles. The Labute approximate surface area is 170 Å². The Kier molecular flexibility index (Phi) is 4.57. The Bertz CT molecular complexity index is 1220. The first-order chi connectivity index (χ1) is 14.3. The summed E-state index contributed by atoms with van der Waals surface area (Å²) in [6, 6.07) is 16.2. The van der Waals surface area contributed by atoms with Crippen molar-refractivity contribution < 1.29 is 13.9 Å². The first kappa shape index (κ1) is 17.6. The summed E-state index contributed by atoms with van der Waals surface area (Å²) in [4.78, 5) is 9.73. The summed E-state index contributed by atoms with van der Waals surface area (Å²) in [6.07, 6.45) is 3.44. The largest absolute Gasteiger partial charge is 0.454 e. The van der Waals surface area contributed by atoms with Crippen LogP contribution in [0.4, 0.5) is 10.1 Å². The minimum atomic E-state index is -0.258. The van der Waals surface area contributed by atoms with Crippen LogP contribution in [0, 0.1) is 5.82 Å². The van der Waals surface area contributed by atoms with Gasteiger partial charge in [-0.05, 0) is 59.7 Å². The van der Waals surface area contributed by atoms with E-state index in [-0.39, 0.29) is 12.6 Å². The van der Waals surface area contributed by atoms with E-state index < -0.39 is 0 Å². The maximum absolute atomic E-state index is 13.4. The Hall–Kier alpha value is -3.45. The molecule has 7 heteroatoms. The number of ether oxygens (including phenoxy) is 2. The molecule has 0 fully saturated rings. The lowest BCUT2D eigenvalue weighted by molar-refractivity contribution is 0.174. The van der Waals surface area contributed by atoms with Crippen molar-refractivity contribution in [1.29, 1.82) is 0 Å². The molecule has 0 saturated heterocycles. The highest BCUT2D eigenvalue weighted by atomic mass is 32.1. The third kappa shape index (κ3) is 3.64. The van der Waals surface area contributed by atoms with Gasteiger partial charge in [-0.1, -0.05) is 6.07 Å². The van der Waals surface area contributed by atoms with Crippen LogP contribution in [-0.2, 0) is 6.54 Å². The molecule has 0 amide bonds. The van der Waals surface area contributed by atoms with Crippen molar-refractivity contribution in [3.05, 3.63) is 88.6 Å². The normalized spacial score (nSPS) is 13.1. The summed E-state index contributed by atoms with van der Waals surface area (Å²) >= 11 is 1.53. The molecule has 144 valence electrons. The molecule has 5 rings (SSSR count). The van der Waals surface area contributed by atoms with Crippen LogP contribution in [0.1, 0.15) is 5.56 Å². The topological polar surface area (TPSA) is 48.6 Å². The lowest BCUT2D eigenvalue weighted by Gasteiger charge is -2.10. The molecule has 29 heavy (non-hydrogen) atoms. The van der Waals surface area contributed by atoms with Crippen molar-refractivity contribution in [2.45, 2.75) is 6.54 Å². The standard InChI is InChI=1S/C22H16FN3O2S/c23-17-6-4-16(5-7-17)19-13-29-22(25-18-2-1-9-24-11-18)26(19)12-15-3-8-20-21(10-15)28-14-27-20/h1-11,13H,12,14H2. The van der Waals surface area contributed by atoms with E-state index in [0.29, 0.717) is 6.54 Å². The fourth-order valence-electron chi connectivity index (χ4n) is 3.18. The lowest BCUT2D eigenvalue weighted by Crippen LogP contribution is -2.16. The van der Waals surface area contributed by atoms with Gasteiger partial charge in [0.15, 0.2) is 16.3 Å². The van der Waals surface area contributed by atoms with Crippen LogP contribution in [0.2, 0.25) is 0 Å². The molecule has 1 aliphatic heterocycles. The van der Waals surface area contributed by atoms with Gasteiger partial charge in [-0.3, -0.25) is 4.98 Å². The van der Waals surface area contributed by atoms with Gasteiger partial charge in [-0.15, -0.1) is 11.3 Å². The van der Waals surface area contributed by atoms with Gasteiger partial charge in [0.2, 0.25) is 6.79 Å². The van der Waals surface area contributed by atoms with E-state index in [1.807, 2.05) is 35.7 Å². The summed E-state index contributed by atoms with van der Waals surface area (Å²) < 4.78 is 26.4. The minimum absolute atomic E-state index is 0.243. The van der Waals surface area contributed by atoms with Crippen molar-refractivity contribution in [2.75, 3.05) is 6.79 Å². The smallest absolute Gasteiger partial charge is 0.231 e. The first-order valence-electron chi connectivity index (χ1n) is 9.04. The van der Waals surface area contributed by atoms with E-state index in [4.69, 9.17) is 14.5 Å². The zero-order chi connectivity index (χ0) is 19.6. The zero-order valence-electron chi connectivity index (χ0n) is 15.3.